The molecule has 2 aromatic rings. The minimum absolute atomic E-state index is 0.0598. The maximum atomic E-state index is 15.3. The molecule has 0 unspecified atom stereocenters. The molecular formula is C26H30ClFN2O3. The highest BCUT2D eigenvalue weighted by atomic mass is 35.5. The molecule has 4 aliphatic rings. The van der Waals surface area contributed by atoms with Gasteiger partial charge in [-0.1, -0.05) is 31.5 Å². The Morgan fingerprint density at radius 3 is 2.61 bits per heavy atom. The lowest BCUT2D eigenvalue weighted by Gasteiger charge is -2.44. The zero-order chi connectivity index (χ0) is 23.3. The van der Waals surface area contributed by atoms with Gasteiger partial charge in [0.1, 0.15) is 17.7 Å². The van der Waals surface area contributed by atoms with E-state index in [1.165, 1.54) is 0 Å². The molecule has 2 aromatic carbocycles. The summed E-state index contributed by atoms with van der Waals surface area (Å²) >= 11 is 6.27. The lowest BCUT2D eigenvalue weighted by atomic mass is 9.85. The highest BCUT2D eigenvalue weighted by Gasteiger charge is 2.42. The number of benzene rings is 2. The molecule has 1 N–H and O–H groups in total. The van der Waals surface area contributed by atoms with Gasteiger partial charge in [0.2, 0.25) is 0 Å². The second kappa shape index (κ2) is 8.48. The van der Waals surface area contributed by atoms with Crippen LogP contribution in [0.5, 0.6) is 5.75 Å². The molecule has 3 fully saturated rings. The minimum atomic E-state index is -0.411. The van der Waals surface area contributed by atoms with E-state index in [1.54, 1.807) is 31.4 Å². The van der Waals surface area contributed by atoms with E-state index < -0.39 is 6.09 Å². The molecule has 3 aliphatic heterocycles. The fourth-order valence-electron chi connectivity index (χ4n) is 5.73. The first-order valence-corrected chi connectivity index (χ1v) is 12.0. The van der Waals surface area contributed by atoms with E-state index >= 15 is 4.39 Å². The monoisotopic (exact) mass is 472 g/mol. The molecule has 2 atom stereocenters. The summed E-state index contributed by atoms with van der Waals surface area (Å²) < 4.78 is 26.3. The number of hydrogen-bond acceptors (Lipinski definition) is 4. The quantitative estimate of drug-likeness (QED) is 0.629. The summed E-state index contributed by atoms with van der Waals surface area (Å²) in [4.78, 5) is 15.2. The Labute approximate surface area is 199 Å². The Kier molecular flexibility index (Phi) is 5.78. The summed E-state index contributed by atoms with van der Waals surface area (Å²) in [5.41, 5.74) is 2.75. The summed E-state index contributed by atoms with van der Waals surface area (Å²) in [6, 6.07) is 8.37. The van der Waals surface area contributed by atoms with E-state index in [0.717, 1.165) is 50.0 Å². The molecule has 0 radical (unpaired) electrons. The van der Waals surface area contributed by atoms with Gasteiger partial charge < -0.3 is 14.8 Å². The lowest BCUT2D eigenvalue weighted by Crippen LogP contribution is -2.53. The normalized spacial score (nSPS) is 27.2. The van der Waals surface area contributed by atoms with Gasteiger partial charge in [-0.15, -0.1) is 0 Å². The number of nitrogens with zero attached hydrogens (tertiary/aromatic N) is 1. The Morgan fingerprint density at radius 1 is 1.21 bits per heavy atom. The second-order valence-corrected chi connectivity index (χ2v) is 10.6. The van der Waals surface area contributed by atoms with Crippen molar-refractivity contribution in [3.8, 4) is 16.9 Å². The fraction of sp³-hybridized carbons (Fsp3) is 0.500. The summed E-state index contributed by atoms with van der Waals surface area (Å²) in [6.45, 7) is 7.18. The van der Waals surface area contributed by atoms with Crippen molar-refractivity contribution in [2.75, 3.05) is 26.7 Å². The largest absolute Gasteiger partial charge is 0.495 e. The van der Waals surface area contributed by atoms with E-state index in [4.69, 9.17) is 21.1 Å². The number of carbonyl (C=O) groups excluding carboxylic acids is 1. The van der Waals surface area contributed by atoms with Gasteiger partial charge in [0.25, 0.3) is 0 Å². The molecular weight excluding hydrogens is 443 g/mol. The predicted octanol–water partition coefficient (Wildman–Crippen LogP) is 5.60. The molecule has 1 amide bonds. The van der Waals surface area contributed by atoms with Crippen LogP contribution in [0.15, 0.2) is 30.3 Å². The SMILES string of the molecule is COc1ccc(-c2cc3c(cc2F)[C@H](NC(=O)O[C@H]2CN4CCC2CC4)C(C)(C)C3)cc1Cl. The van der Waals surface area contributed by atoms with Gasteiger partial charge in [0, 0.05) is 12.1 Å². The Balaban J connectivity index is 1.37. The Morgan fingerprint density at radius 2 is 1.97 bits per heavy atom. The van der Waals surface area contributed by atoms with Gasteiger partial charge in [-0.2, -0.15) is 0 Å². The molecule has 7 heteroatoms. The fourth-order valence-corrected chi connectivity index (χ4v) is 5.99. The van der Waals surface area contributed by atoms with Crippen LogP contribution in [-0.4, -0.2) is 43.8 Å². The average Bonchev–Trinajstić information content (AvgIpc) is 3.02. The van der Waals surface area contributed by atoms with Gasteiger partial charge in [0.15, 0.2) is 0 Å². The van der Waals surface area contributed by atoms with Gasteiger partial charge in [-0.05, 0) is 84.6 Å². The number of alkyl carbamates (subject to hydrolysis) is 1. The van der Waals surface area contributed by atoms with Crippen molar-refractivity contribution in [2.45, 2.75) is 45.3 Å². The van der Waals surface area contributed by atoms with Crippen LogP contribution in [0.25, 0.3) is 11.1 Å². The number of carbonyl (C=O) groups is 1. The zero-order valence-corrected chi connectivity index (χ0v) is 20.0. The van der Waals surface area contributed by atoms with Crippen molar-refractivity contribution in [1.82, 2.24) is 10.2 Å². The van der Waals surface area contributed by atoms with E-state index in [0.29, 0.717) is 27.8 Å². The molecule has 6 rings (SSSR count). The summed E-state index contributed by atoms with van der Waals surface area (Å²) in [7, 11) is 1.55. The number of halogens is 2. The number of hydrogen-bond donors (Lipinski definition) is 1. The summed E-state index contributed by atoms with van der Waals surface area (Å²) in [5, 5.41) is 3.49. The third-order valence-electron chi connectivity index (χ3n) is 7.55. The van der Waals surface area contributed by atoms with E-state index in [9.17, 15) is 4.79 Å². The van der Waals surface area contributed by atoms with Crippen molar-refractivity contribution in [1.29, 1.82) is 0 Å². The number of fused-ring (bicyclic) bond motifs is 4. The topological polar surface area (TPSA) is 50.8 Å². The second-order valence-electron chi connectivity index (χ2n) is 10.2. The molecule has 2 bridgehead atoms. The van der Waals surface area contributed by atoms with Crippen LogP contribution in [-0.2, 0) is 11.2 Å². The average molecular weight is 473 g/mol. The standard InChI is InChI=1S/C26H30ClFN2O3/c1-26(2)13-17-10-18(16-4-5-22(32-3)20(27)11-16)21(28)12-19(17)24(26)29-25(31)33-23-14-30-8-6-15(23)7-9-30/h4-5,10-12,15,23-24H,6-9,13-14H2,1-3H3,(H,29,31)/t23-,24-/m0/s1. The first-order valence-electron chi connectivity index (χ1n) is 11.6. The Bertz CT molecular complexity index is 1080. The third-order valence-corrected chi connectivity index (χ3v) is 7.84. The maximum absolute atomic E-state index is 15.3. The van der Waals surface area contributed by atoms with Crippen LogP contribution in [0.4, 0.5) is 9.18 Å². The molecule has 0 aromatic heterocycles. The number of ether oxygens (including phenoxy) is 2. The van der Waals surface area contributed by atoms with Gasteiger partial charge >= 0.3 is 6.09 Å². The molecule has 0 spiro atoms. The third kappa shape index (κ3) is 4.19. The van der Waals surface area contributed by atoms with Crippen molar-refractivity contribution >= 4 is 17.7 Å². The van der Waals surface area contributed by atoms with Gasteiger partial charge in [-0.3, -0.25) is 4.90 Å². The molecule has 3 saturated heterocycles. The van der Waals surface area contributed by atoms with Crippen LogP contribution < -0.4 is 10.1 Å². The highest BCUT2D eigenvalue weighted by Crippen LogP contribution is 2.47. The molecule has 1 aliphatic carbocycles. The molecule has 33 heavy (non-hydrogen) atoms. The summed E-state index contributed by atoms with van der Waals surface area (Å²) in [5.74, 6) is 0.653. The molecule has 0 saturated carbocycles. The first-order chi connectivity index (χ1) is 15.7. The van der Waals surface area contributed by atoms with Crippen LogP contribution in [0, 0.1) is 17.2 Å². The molecule has 176 valence electrons. The van der Waals surface area contributed by atoms with Crippen molar-refractivity contribution < 1.29 is 18.7 Å². The smallest absolute Gasteiger partial charge is 0.407 e. The maximum Gasteiger partial charge on any atom is 0.407 e. The number of amides is 1. The van der Waals surface area contributed by atoms with Crippen LogP contribution in [0.2, 0.25) is 5.02 Å². The predicted molar refractivity (Wildman–Crippen MR) is 126 cm³/mol. The van der Waals surface area contributed by atoms with Gasteiger partial charge in [0.05, 0.1) is 18.2 Å². The number of piperidine rings is 3. The number of rotatable bonds is 4. The van der Waals surface area contributed by atoms with E-state index in [2.05, 4.69) is 24.1 Å². The lowest BCUT2D eigenvalue weighted by molar-refractivity contribution is -0.0349. The molecule has 3 heterocycles. The first kappa shape index (κ1) is 22.5. The number of nitrogens with one attached hydrogen (secondary N) is 1. The van der Waals surface area contributed by atoms with Crippen molar-refractivity contribution in [3.05, 3.63) is 52.3 Å². The van der Waals surface area contributed by atoms with Crippen molar-refractivity contribution in [2.24, 2.45) is 11.3 Å². The molecule has 5 nitrogen and oxygen atoms in total. The minimum Gasteiger partial charge on any atom is -0.495 e. The van der Waals surface area contributed by atoms with E-state index in [1.807, 2.05) is 6.07 Å². The van der Waals surface area contributed by atoms with Crippen molar-refractivity contribution in [3.63, 3.8) is 0 Å². The van der Waals surface area contributed by atoms with Crippen LogP contribution in [0.3, 0.4) is 0 Å². The van der Waals surface area contributed by atoms with Crippen LogP contribution in [0.1, 0.15) is 43.9 Å². The summed E-state index contributed by atoms with van der Waals surface area (Å²) in [6.07, 6.45) is 2.42. The highest BCUT2D eigenvalue weighted by molar-refractivity contribution is 6.32. The number of methoxy groups -OCH3 is 1. The van der Waals surface area contributed by atoms with E-state index in [-0.39, 0.29) is 23.4 Å². The van der Waals surface area contributed by atoms with Crippen LogP contribution >= 0.6 is 11.6 Å². The Hall–Kier alpha value is -2.31. The van der Waals surface area contributed by atoms with Gasteiger partial charge in [-0.25, -0.2) is 9.18 Å². The zero-order valence-electron chi connectivity index (χ0n) is 19.3.